The van der Waals surface area contributed by atoms with Crippen molar-refractivity contribution in [1.29, 1.82) is 0 Å². The Bertz CT molecular complexity index is 2430. The van der Waals surface area contributed by atoms with Gasteiger partial charge in [0.25, 0.3) is 11.1 Å². The maximum Gasteiger partial charge on any atom is 0.488 e. The number of nitrogens with zero attached hydrogens (tertiary/aromatic N) is 2. The lowest BCUT2D eigenvalue weighted by Gasteiger charge is -2.24. The van der Waals surface area contributed by atoms with E-state index in [0.717, 1.165) is 33.7 Å². The van der Waals surface area contributed by atoms with Gasteiger partial charge >= 0.3 is 47.4 Å². The van der Waals surface area contributed by atoms with Gasteiger partial charge in [-0.05, 0) is 35.2 Å². The van der Waals surface area contributed by atoms with E-state index in [1.54, 1.807) is 24.3 Å². The largest absolute Gasteiger partial charge is 0.488 e. The fourth-order valence-corrected chi connectivity index (χ4v) is 11.0. The number of phosphoric acid groups is 2. The van der Waals surface area contributed by atoms with E-state index in [0.29, 0.717) is 11.3 Å². The van der Waals surface area contributed by atoms with Crippen LogP contribution in [-0.2, 0) is 48.1 Å². The molecule has 3 aliphatic rings. The Morgan fingerprint density at radius 2 is 1.27 bits per heavy atom. The van der Waals surface area contributed by atoms with Crippen molar-refractivity contribution in [2.24, 2.45) is 0 Å². The zero-order chi connectivity index (χ0) is 45.2. The second-order valence-corrected chi connectivity index (χ2v) is 21.9. The van der Waals surface area contributed by atoms with Gasteiger partial charge in [-0.1, -0.05) is 58.5 Å². The van der Waals surface area contributed by atoms with Crippen molar-refractivity contribution in [1.82, 2.24) is 19.1 Å². The van der Waals surface area contributed by atoms with E-state index < -0.39 is 117 Å². The number of alkyl halides is 4. The van der Waals surface area contributed by atoms with E-state index in [1.807, 2.05) is 9.97 Å². The standard InChI is InChI=1S/C9H13Cl2N2O13P3S.C9H10Cl2N2O5.C7H4ClO3P/c10-9(11)6(15)4(24-7(9)13-2-1-5(14)12-8(13)16)3-23-29(22,30)26-28(20,21)25-27(17,18)19;10-9(11)6(16)4(3-14)18-7(9)13-2-1-5(15)12-8(13)17;8-12-10-6-4-2-1-3-5(6)7(9)11-12/h1-2,4,6-7,15H,3H2,(H,20,21)(H,22,30)(H,12,14,16)(H2,17,18,19);1-2,4,6-7,14,16H,3H2,(H,12,15,17);1-4H/t4-,6-,7-,29?;4-,6-,7-;/m11./s1. The van der Waals surface area contributed by atoms with Crippen molar-refractivity contribution in [2.45, 2.75) is 45.5 Å². The zero-order valence-corrected chi connectivity index (χ0v) is 37.0. The SMILES string of the molecule is O=C1OP(Cl)Oc2ccccc21.O=c1ccn([C@@H]2O[C@H](CO)[C@@H](O)C2(Cl)Cl)c(=O)[nH]1.O=c1ccn([C@@H]2O[C@H](COP(O)(=S)OP(=O)(O)OP(=O)(O)O)[C@@H](O)C2(Cl)Cl)c(=O)[nH]1. The highest BCUT2D eigenvalue weighted by atomic mass is 35.7. The topological polar surface area (TPSA) is 367 Å². The molecule has 6 rings (SSSR count). The highest BCUT2D eigenvalue weighted by Gasteiger charge is 2.57. The molecule has 2 aromatic heterocycles. The summed E-state index contributed by atoms with van der Waals surface area (Å²) >= 11 is 33.9. The summed E-state index contributed by atoms with van der Waals surface area (Å²) in [6.45, 7) is -6.03. The summed E-state index contributed by atoms with van der Waals surface area (Å²) in [5, 5.41) is 29.0. The summed E-state index contributed by atoms with van der Waals surface area (Å²) in [5.41, 5.74) is -2.63. The molecule has 5 heterocycles. The predicted molar refractivity (Wildman–Crippen MR) is 210 cm³/mol. The number of rotatable bonds is 10. The summed E-state index contributed by atoms with van der Waals surface area (Å²) < 4.78 is 52.4. The van der Waals surface area contributed by atoms with Gasteiger partial charge in [-0.3, -0.25) is 28.7 Å². The van der Waals surface area contributed by atoms with E-state index >= 15 is 0 Å². The fourth-order valence-electron chi connectivity index (χ4n) is 4.84. The monoisotopic (exact) mass is 1050 g/mol. The Morgan fingerprint density at radius 3 is 1.73 bits per heavy atom. The highest BCUT2D eigenvalue weighted by molar-refractivity contribution is 8.08. The van der Waals surface area contributed by atoms with Crippen LogP contribution < -0.4 is 27.0 Å². The molecular formula is C25H27Cl5N4O21P4S. The molecule has 3 aliphatic heterocycles. The summed E-state index contributed by atoms with van der Waals surface area (Å²) in [6, 6.07) is 8.88. The maximum atomic E-state index is 11.9. The number of aromatic amines is 2. The molecule has 0 bridgehead atoms. The first-order valence-corrected chi connectivity index (χ1v) is 24.7. The minimum atomic E-state index is -5.54. The quantitative estimate of drug-likeness (QED) is 0.101. The van der Waals surface area contributed by atoms with Crippen LogP contribution in [0.1, 0.15) is 22.8 Å². The number of para-hydroxylation sites is 1. The van der Waals surface area contributed by atoms with Crippen LogP contribution in [0.5, 0.6) is 5.75 Å². The number of hydrogen-bond acceptors (Lipinski definition) is 18. The third kappa shape index (κ3) is 13.0. The first-order valence-electron chi connectivity index (χ1n) is 15.5. The molecule has 1 aromatic carbocycles. The number of aliphatic hydroxyl groups is 3. The maximum absolute atomic E-state index is 11.9. The van der Waals surface area contributed by atoms with Crippen molar-refractivity contribution < 1.29 is 80.5 Å². The molecule has 60 heavy (non-hydrogen) atoms. The van der Waals surface area contributed by atoms with Gasteiger partial charge in [-0.15, -0.1) is 0 Å². The minimum absolute atomic E-state index is 0.419. The first kappa shape index (κ1) is 51.0. The number of halogens is 5. The van der Waals surface area contributed by atoms with Crippen LogP contribution in [0.15, 0.2) is 68.0 Å². The van der Waals surface area contributed by atoms with Gasteiger partial charge in [-0.25, -0.2) is 27.8 Å². The minimum Gasteiger partial charge on any atom is -0.426 e. The van der Waals surface area contributed by atoms with Crippen LogP contribution in [0.3, 0.4) is 0 Å². The van der Waals surface area contributed by atoms with Gasteiger partial charge in [0, 0.05) is 24.5 Å². The Labute approximate surface area is 363 Å². The van der Waals surface area contributed by atoms with Gasteiger partial charge in [0.1, 0.15) is 35.7 Å². The first-order chi connectivity index (χ1) is 27.6. The van der Waals surface area contributed by atoms with Crippen LogP contribution in [0.25, 0.3) is 0 Å². The van der Waals surface area contributed by atoms with Crippen LogP contribution in [0.4, 0.5) is 0 Å². The molecular weight excluding hydrogens is 1030 g/mol. The number of H-pyrrole nitrogens is 2. The average molecular weight is 1050 g/mol. The Hall–Kier alpha value is -1.64. The molecule has 0 amide bonds. The number of fused-ring (bicyclic) bond motifs is 1. The number of ether oxygens (including phenoxy) is 2. The van der Waals surface area contributed by atoms with E-state index in [9.17, 15) is 53.1 Å². The lowest BCUT2D eigenvalue weighted by molar-refractivity contribution is -0.0462. The Kier molecular flexibility index (Phi) is 17.0. The van der Waals surface area contributed by atoms with Crippen LogP contribution in [-0.4, -0.2) is 106 Å². The lowest BCUT2D eigenvalue weighted by Crippen LogP contribution is -2.41. The van der Waals surface area contributed by atoms with Gasteiger partial charge in [-0.2, -0.15) is 4.31 Å². The van der Waals surface area contributed by atoms with E-state index in [1.165, 1.54) is 0 Å². The number of benzene rings is 1. The third-order valence-electron chi connectivity index (χ3n) is 7.40. The molecule has 334 valence electrons. The molecule has 25 nitrogen and oxygen atoms in total. The number of hydrogen-bond donors (Lipinski definition) is 9. The molecule has 0 aliphatic carbocycles. The molecule has 9 atom stereocenters. The number of aromatic nitrogens is 4. The molecule has 35 heteroatoms. The molecule has 0 saturated carbocycles. The summed E-state index contributed by atoms with van der Waals surface area (Å²) in [5.74, 6) is 0.0767. The average Bonchev–Trinajstić information content (AvgIpc) is 3.48. The number of aliphatic hydroxyl groups excluding tert-OH is 3. The number of carbonyl (C=O) groups is 1. The summed E-state index contributed by atoms with van der Waals surface area (Å²) in [4.78, 5) is 96.7. The highest BCUT2D eigenvalue weighted by Crippen LogP contribution is 2.66. The van der Waals surface area contributed by atoms with Crippen molar-refractivity contribution in [2.75, 3.05) is 13.2 Å². The summed E-state index contributed by atoms with van der Waals surface area (Å²) in [7, 11) is -12.6. The normalized spacial score (nSPS) is 27.3. The van der Waals surface area contributed by atoms with Gasteiger partial charge in [0.05, 0.1) is 13.2 Å². The van der Waals surface area contributed by atoms with Crippen LogP contribution in [0.2, 0.25) is 0 Å². The molecule has 9 N–H and O–H groups in total. The molecule has 3 unspecified atom stereocenters. The van der Waals surface area contributed by atoms with E-state index in [-0.39, 0.29) is 0 Å². The predicted octanol–water partition coefficient (Wildman–Crippen LogP) is 1.09. The van der Waals surface area contributed by atoms with Gasteiger partial charge in [0.15, 0.2) is 21.1 Å². The van der Waals surface area contributed by atoms with Crippen molar-refractivity contribution in [3.63, 3.8) is 0 Å². The summed E-state index contributed by atoms with van der Waals surface area (Å²) in [6.07, 6.45) is -6.25. The van der Waals surface area contributed by atoms with Crippen LogP contribution in [0, 0.1) is 0 Å². The van der Waals surface area contributed by atoms with Crippen LogP contribution >= 0.6 is 87.7 Å². The smallest absolute Gasteiger partial charge is 0.426 e. The van der Waals surface area contributed by atoms with E-state index in [4.69, 9.17) is 91.1 Å². The van der Waals surface area contributed by atoms with Crippen molar-refractivity contribution >= 4 is 106 Å². The zero-order valence-electron chi connectivity index (χ0n) is 28.8. The van der Waals surface area contributed by atoms with E-state index in [2.05, 4.69) is 25.0 Å². The second kappa shape index (κ2) is 20.0. The second-order valence-electron chi connectivity index (χ2n) is 11.6. The molecule has 2 saturated heterocycles. The molecule has 0 radical (unpaired) electrons. The molecule has 2 fully saturated rings. The molecule has 0 spiro atoms. The molecule has 3 aromatic rings. The Morgan fingerprint density at radius 1 is 0.783 bits per heavy atom. The number of nitrogens with one attached hydrogen (secondary N) is 2. The third-order valence-corrected chi connectivity index (χ3v) is 14.8. The van der Waals surface area contributed by atoms with Gasteiger partial charge in [0.2, 0.25) is 0 Å². The fraction of sp³-hybridized carbons (Fsp3) is 0.400. The number of carbonyl (C=O) groups excluding carboxylic acids is 1. The Balaban J connectivity index is 0.000000221. The van der Waals surface area contributed by atoms with Gasteiger partial charge < -0.3 is 57.9 Å². The van der Waals surface area contributed by atoms with Crippen molar-refractivity contribution in [3.05, 3.63) is 96.0 Å². The van der Waals surface area contributed by atoms with Crippen molar-refractivity contribution in [3.8, 4) is 5.75 Å². The lowest BCUT2D eigenvalue weighted by atomic mass is 10.2.